The highest BCUT2D eigenvalue weighted by molar-refractivity contribution is 6.04. The van der Waals surface area contributed by atoms with Crippen LogP contribution in [0.5, 0.6) is 0 Å². The van der Waals surface area contributed by atoms with Crippen molar-refractivity contribution >= 4 is 23.2 Å². The van der Waals surface area contributed by atoms with E-state index in [1.807, 2.05) is 79.7 Å². The smallest absolute Gasteiger partial charge is 0.260 e. The third-order valence-corrected chi connectivity index (χ3v) is 5.71. The number of amides is 2. The summed E-state index contributed by atoms with van der Waals surface area (Å²) < 4.78 is 5.50. The van der Waals surface area contributed by atoms with Crippen LogP contribution >= 0.6 is 0 Å². The van der Waals surface area contributed by atoms with Crippen LogP contribution in [0.4, 0.5) is 11.4 Å². The van der Waals surface area contributed by atoms with Crippen LogP contribution in [0, 0.1) is 12.8 Å². The van der Waals surface area contributed by atoms with Gasteiger partial charge in [-0.25, -0.2) is 0 Å². The predicted octanol–water partition coefficient (Wildman–Crippen LogP) is 4.70. The van der Waals surface area contributed by atoms with Gasteiger partial charge in [-0.05, 0) is 31.2 Å². The molecule has 1 saturated heterocycles. The summed E-state index contributed by atoms with van der Waals surface area (Å²) >= 11 is 0. The summed E-state index contributed by atoms with van der Waals surface area (Å²) in [5, 5.41) is 7.05. The maximum Gasteiger partial charge on any atom is 0.260 e. The molecule has 7 nitrogen and oxygen atoms in total. The zero-order chi connectivity index (χ0) is 22.8. The van der Waals surface area contributed by atoms with Crippen LogP contribution in [0.2, 0.25) is 0 Å². The van der Waals surface area contributed by atoms with Gasteiger partial charge >= 0.3 is 0 Å². The molecule has 0 unspecified atom stereocenters. The molecule has 33 heavy (non-hydrogen) atoms. The second-order valence-corrected chi connectivity index (χ2v) is 8.06. The van der Waals surface area contributed by atoms with Crippen molar-refractivity contribution in [3.63, 3.8) is 0 Å². The summed E-state index contributed by atoms with van der Waals surface area (Å²) in [6, 6.07) is 24.5. The number of carbonyl (C=O) groups excluding carboxylic acids is 2. The molecule has 0 spiro atoms. The van der Waals surface area contributed by atoms with E-state index < -0.39 is 5.92 Å². The van der Waals surface area contributed by atoms with E-state index in [2.05, 4.69) is 15.5 Å². The van der Waals surface area contributed by atoms with E-state index in [4.69, 9.17) is 4.52 Å². The highest BCUT2D eigenvalue weighted by atomic mass is 16.5. The van der Waals surface area contributed by atoms with Crippen molar-refractivity contribution in [3.8, 4) is 22.8 Å². The summed E-state index contributed by atoms with van der Waals surface area (Å²) in [6.45, 7) is 2.36. The molecule has 1 atom stereocenters. The normalized spacial score (nSPS) is 15.6. The molecule has 0 saturated carbocycles. The molecule has 2 heterocycles. The standard InChI is InChI=1S/C26H22N4O3/c1-17-11-13-18(14-12-17)24-28-26(33-29-24)21-9-5-6-10-22(21)27-25(32)19-15-23(31)30(16-19)20-7-3-2-4-8-20/h2-14,19H,15-16H2,1H3,(H,27,32)/t19-/m0/s1. The molecule has 1 N–H and O–H groups in total. The van der Waals surface area contributed by atoms with Gasteiger partial charge in [-0.15, -0.1) is 0 Å². The molecule has 1 aromatic heterocycles. The van der Waals surface area contributed by atoms with Gasteiger partial charge in [-0.3, -0.25) is 9.59 Å². The molecule has 1 fully saturated rings. The SMILES string of the molecule is Cc1ccc(-c2noc(-c3ccccc3NC(=O)[C@H]3CC(=O)N(c4ccccc4)C3)n2)cc1. The molecule has 1 aliphatic rings. The van der Waals surface area contributed by atoms with E-state index >= 15 is 0 Å². The Morgan fingerprint density at radius 1 is 1.00 bits per heavy atom. The van der Waals surface area contributed by atoms with Gasteiger partial charge in [0.15, 0.2) is 0 Å². The number of benzene rings is 3. The monoisotopic (exact) mass is 438 g/mol. The molecular formula is C26H22N4O3. The van der Waals surface area contributed by atoms with Crippen molar-refractivity contribution < 1.29 is 14.1 Å². The first-order chi connectivity index (χ1) is 16.1. The minimum Gasteiger partial charge on any atom is -0.334 e. The lowest BCUT2D eigenvalue weighted by atomic mass is 10.1. The minimum atomic E-state index is -0.448. The van der Waals surface area contributed by atoms with Crippen LogP contribution in [0.3, 0.4) is 0 Å². The van der Waals surface area contributed by atoms with Crippen molar-refractivity contribution in [3.05, 3.63) is 84.4 Å². The van der Waals surface area contributed by atoms with Gasteiger partial charge in [0.25, 0.3) is 5.89 Å². The Hall–Kier alpha value is -4.26. The van der Waals surface area contributed by atoms with Gasteiger partial charge in [-0.2, -0.15) is 4.98 Å². The zero-order valence-corrected chi connectivity index (χ0v) is 18.1. The number of aromatic nitrogens is 2. The van der Waals surface area contributed by atoms with Crippen molar-refractivity contribution in [1.82, 2.24) is 10.1 Å². The number of rotatable bonds is 5. The van der Waals surface area contributed by atoms with Crippen molar-refractivity contribution in [2.45, 2.75) is 13.3 Å². The Morgan fingerprint density at radius 3 is 2.52 bits per heavy atom. The third kappa shape index (κ3) is 4.25. The number of hydrogen-bond donors (Lipinski definition) is 1. The van der Waals surface area contributed by atoms with Crippen LogP contribution in [-0.4, -0.2) is 28.5 Å². The summed E-state index contributed by atoms with van der Waals surface area (Å²) in [5.41, 5.74) is 3.98. The quantitative estimate of drug-likeness (QED) is 0.488. The summed E-state index contributed by atoms with van der Waals surface area (Å²) in [6.07, 6.45) is 0.168. The maximum atomic E-state index is 13.0. The van der Waals surface area contributed by atoms with Crippen molar-refractivity contribution in [2.24, 2.45) is 5.92 Å². The zero-order valence-electron chi connectivity index (χ0n) is 18.1. The lowest BCUT2D eigenvalue weighted by molar-refractivity contribution is -0.122. The maximum absolute atomic E-state index is 13.0. The largest absolute Gasteiger partial charge is 0.334 e. The predicted molar refractivity (Wildman–Crippen MR) is 125 cm³/mol. The highest BCUT2D eigenvalue weighted by Gasteiger charge is 2.35. The first-order valence-electron chi connectivity index (χ1n) is 10.7. The number of carbonyl (C=O) groups is 2. The van der Waals surface area contributed by atoms with Crippen LogP contribution in [0.1, 0.15) is 12.0 Å². The topological polar surface area (TPSA) is 88.3 Å². The minimum absolute atomic E-state index is 0.0609. The summed E-state index contributed by atoms with van der Waals surface area (Å²) in [5.74, 6) is 0.0688. The molecule has 0 bridgehead atoms. The highest BCUT2D eigenvalue weighted by Crippen LogP contribution is 2.30. The average molecular weight is 438 g/mol. The molecule has 2 amide bonds. The Morgan fingerprint density at radius 2 is 1.73 bits per heavy atom. The number of hydrogen-bond acceptors (Lipinski definition) is 5. The van der Waals surface area contributed by atoms with Gasteiger partial charge in [-0.1, -0.05) is 65.3 Å². The van der Waals surface area contributed by atoms with Gasteiger partial charge < -0.3 is 14.7 Å². The van der Waals surface area contributed by atoms with E-state index in [-0.39, 0.29) is 18.2 Å². The molecule has 0 radical (unpaired) electrons. The van der Waals surface area contributed by atoms with E-state index in [1.165, 1.54) is 0 Å². The van der Waals surface area contributed by atoms with Crippen LogP contribution < -0.4 is 10.2 Å². The van der Waals surface area contributed by atoms with E-state index in [1.54, 1.807) is 11.0 Å². The third-order valence-electron chi connectivity index (χ3n) is 5.71. The van der Waals surface area contributed by atoms with Crippen LogP contribution in [0.15, 0.2) is 83.4 Å². The summed E-state index contributed by atoms with van der Waals surface area (Å²) in [7, 11) is 0. The van der Waals surface area contributed by atoms with E-state index in [0.29, 0.717) is 29.5 Å². The number of nitrogens with zero attached hydrogens (tertiary/aromatic N) is 3. The number of aryl methyl sites for hydroxylation is 1. The van der Waals surface area contributed by atoms with Crippen molar-refractivity contribution in [2.75, 3.05) is 16.8 Å². The second-order valence-electron chi connectivity index (χ2n) is 8.06. The number of nitrogens with one attached hydrogen (secondary N) is 1. The second kappa shape index (κ2) is 8.70. The average Bonchev–Trinajstić information content (AvgIpc) is 3.48. The van der Waals surface area contributed by atoms with Gasteiger partial charge in [0, 0.05) is 24.2 Å². The molecule has 164 valence electrons. The molecule has 4 aromatic rings. The fourth-order valence-electron chi connectivity index (χ4n) is 3.91. The van der Waals surface area contributed by atoms with Gasteiger partial charge in [0.05, 0.1) is 17.2 Å². The number of para-hydroxylation sites is 2. The Labute approximate surface area is 191 Å². The molecule has 1 aliphatic heterocycles. The fourth-order valence-corrected chi connectivity index (χ4v) is 3.91. The van der Waals surface area contributed by atoms with E-state index in [9.17, 15) is 9.59 Å². The van der Waals surface area contributed by atoms with Crippen LogP contribution in [0.25, 0.3) is 22.8 Å². The van der Waals surface area contributed by atoms with Gasteiger partial charge in [0.1, 0.15) is 0 Å². The van der Waals surface area contributed by atoms with Crippen LogP contribution in [-0.2, 0) is 9.59 Å². The first kappa shape index (κ1) is 20.6. The van der Waals surface area contributed by atoms with Gasteiger partial charge in [0.2, 0.25) is 17.6 Å². The van der Waals surface area contributed by atoms with E-state index in [0.717, 1.165) is 16.8 Å². The molecule has 3 aromatic carbocycles. The molecular weight excluding hydrogens is 416 g/mol. The Kier molecular flexibility index (Phi) is 5.44. The lowest BCUT2D eigenvalue weighted by Gasteiger charge is -2.16. The Balaban J connectivity index is 1.34. The van der Waals surface area contributed by atoms with Crippen molar-refractivity contribution in [1.29, 1.82) is 0 Å². The Bertz CT molecular complexity index is 1300. The fraction of sp³-hybridized carbons (Fsp3) is 0.154. The summed E-state index contributed by atoms with van der Waals surface area (Å²) in [4.78, 5) is 31.7. The number of anilines is 2. The molecule has 5 rings (SSSR count). The lowest BCUT2D eigenvalue weighted by Crippen LogP contribution is -2.28. The molecule has 0 aliphatic carbocycles. The first-order valence-corrected chi connectivity index (χ1v) is 10.7. The molecule has 7 heteroatoms.